The van der Waals surface area contributed by atoms with Gasteiger partial charge in [0.1, 0.15) is 5.69 Å². The summed E-state index contributed by atoms with van der Waals surface area (Å²) in [6, 6.07) is 0. The highest BCUT2D eigenvalue weighted by atomic mass is 79.9. The number of ketones is 1. The molecule has 1 rings (SSSR count). The van der Waals surface area contributed by atoms with Gasteiger partial charge in [-0.05, 0) is 22.4 Å². The van der Waals surface area contributed by atoms with Crippen molar-refractivity contribution in [1.29, 1.82) is 0 Å². The Labute approximate surface area is 97.2 Å². The van der Waals surface area contributed by atoms with E-state index in [9.17, 15) is 4.79 Å². The lowest BCUT2D eigenvalue weighted by atomic mass is 9.97. The van der Waals surface area contributed by atoms with Gasteiger partial charge >= 0.3 is 0 Å². The quantitative estimate of drug-likeness (QED) is 0.818. The van der Waals surface area contributed by atoms with E-state index in [-0.39, 0.29) is 11.7 Å². The van der Waals surface area contributed by atoms with Crippen molar-refractivity contribution in [1.82, 2.24) is 15.0 Å². The molecule has 0 saturated heterocycles. The number of nitrogens with zero attached hydrogens (tertiary/aromatic N) is 3. The maximum atomic E-state index is 12.1. The summed E-state index contributed by atoms with van der Waals surface area (Å²) in [4.78, 5) is 12.1. The van der Waals surface area contributed by atoms with Gasteiger partial charge < -0.3 is 5.73 Å². The van der Waals surface area contributed by atoms with Crippen LogP contribution in [0.5, 0.6) is 0 Å². The van der Waals surface area contributed by atoms with E-state index < -0.39 is 0 Å². The van der Waals surface area contributed by atoms with Gasteiger partial charge in [-0.3, -0.25) is 4.79 Å². The maximum Gasteiger partial charge on any atom is 0.188 e. The Bertz CT molecular complexity index is 330. The van der Waals surface area contributed by atoms with Crippen molar-refractivity contribution in [3.8, 4) is 0 Å². The normalized spacial score (nSPS) is 12.8. The van der Waals surface area contributed by atoms with Gasteiger partial charge in [-0.15, -0.1) is 5.10 Å². The second-order valence-electron chi connectivity index (χ2n) is 3.44. The van der Waals surface area contributed by atoms with Crippen LogP contribution in [0.4, 0.5) is 0 Å². The fraction of sp³-hybridized carbons (Fsp3) is 0.667. The maximum absolute atomic E-state index is 12.1. The first-order valence-corrected chi connectivity index (χ1v) is 5.70. The molecule has 0 fully saturated rings. The molecular weight excluding hydrogens is 260 g/mol. The van der Waals surface area contributed by atoms with Crippen LogP contribution in [-0.4, -0.2) is 27.3 Å². The van der Waals surface area contributed by atoms with Gasteiger partial charge in [-0.25, -0.2) is 4.68 Å². The van der Waals surface area contributed by atoms with Gasteiger partial charge in [0.15, 0.2) is 10.4 Å². The van der Waals surface area contributed by atoms with Gasteiger partial charge in [0.2, 0.25) is 0 Å². The molecule has 0 aliphatic heterocycles. The van der Waals surface area contributed by atoms with Crippen molar-refractivity contribution < 1.29 is 4.79 Å². The van der Waals surface area contributed by atoms with Gasteiger partial charge in [-0.1, -0.05) is 18.6 Å². The zero-order valence-electron chi connectivity index (χ0n) is 8.90. The van der Waals surface area contributed by atoms with Crippen LogP contribution in [0.15, 0.2) is 4.60 Å². The SMILES string of the molecule is CCCC(CN)C(=O)c1c(Br)nnn1C. The lowest BCUT2D eigenvalue weighted by Crippen LogP contribution is -2.25. The molecule has 15 heavy (non-hydrogen) atoms. The Morgan fingerprint density at radius 1 is 1.67 bits per heavy atom. The van der Waals surface area contributed by atoms with E-state index in [1.807, 2.05) is 6.92 Å². The molecule has 0 saturated carbocycles. The molecule has 5 nitrogen and oxygen atoms in total. The molecule has 2 N–H and O–H groups in total. The molecule has 0 amide bonds. The fourth-order valence-electron chi connectivity index (χ4n) is 1.49. The molecule has 1 heterocycles. The summed E-state index contributed by atoms with van der Waals surface area (Å²) in [5, 5.41) is 7.55. The van der Waals surface area contributed by atoms with Gasteiger partial charge in [0.05, 0.1) is 0 Å². The van der Waals surface area contributed by atoms with Gasteiger partial charge in [0.25, 0.3) is 0 Å². The van der Waals surface area contributed by atoms with Crippen molar-refractivity contribution in [2.24, 2.45) is 18.7 Å². The van der Waals surface area contributed by atoms with Gasteiger partial charge in [-0.2, -0.15) is 0 Å². The lowest BCUT2D eigenvalue weighted by molar-refractivity contribution is 0.0907. The minimum Gasteiger partial charge on any atom is -0.330 e. The van der Waals surface area contributed by atoms with E-state index in [4.69, 9.17) is 5.73 Å². The highest BCUT2D eigenvalue weighted by Crippen LogP contribution is 2.18. The number of hydrogen-bond acceptors (Lipinski definition) is 4. The van der Waals surface area contributed by atoms with Crippen LogP contribution in [0, 0.1) is 5.92 Å². The Kier molecular flexibility index (Phi) is 4.41. The molecule has 84 valence electrons. The average molecular weight is 275 g/mol. The number of halogens is 1. The predicted molar refractivity (Wildman–Crippen MR) is 60.5 cm³/mol. The molecule has 1 atom stereocenters. The standard InChI is InChI=1S/C9H15BrN4O/c1-3-4-6(5-11)8(15)7-9(10)12-13-14(7)2/h6H,3-5,11H2,1-2H3. The second-order valence-corrected chi connectivity index (χ2v) is 4.19. The van der Waals surface area contributed by atoms with Crippen LogP contribution in [0.2, 0.25) is 0 Å². The Balaban J connectivity index is 2.92. The van der Waals surface area contributed by atoms with E-state index >= 15 is 0 Å². The number of aryl methyl sites for hydroxylation is 1. The van der Waals surface area contributed by atoms with Crippen LogP contribution < -0.4 is 5.73 Å². The molecule has 1 aromatic heterocycles. The number of aromatic nitrogens is 3. The number of carbonyl (C=O) groups is 1. The van der Waals surface area contributed by atoms with Crippen LogP contribution in [-0.2, 0) is 7.05 Å². The summed E-state index contributed by atoms with van der Waals surface area (Å²) in [5.74, 6) is -0.123. The third kappa shape index (κ3) is 2.63. The number of hydrogen-bond donors (Lipinski definition) is 1. The molecular formula is C9H15BrN4O. The third-order valence-corrected chi connectivity index (χ3v) is 2.85. The summed E-state index contributed by atoms with van der Waals surface area (Å²) >= 11 is 3.21. The molecule has 0 aliphatic carbocycles. The molecule has 1 aromatic rings. The van der Waals surface area contributed by atoms with E-state index in [0.717, 1.165) is 12.8 Å². The molecule has 0 spiro atoms. The number of nitrogens with two attached hydrogens (primary N) is 1. The van der Waals surface area contributed by atoms with Crippen LogP contribution >= 0.6 is 15.9 Å². The van der Waals surface area contributed by atoms with E-state index in [1.54, 1.807) is 7.05 Å². The highest BCUT2D eigenvalue weighted by molar-refractivity contribution is 9.10. The van der Waals surface area contributed by atoms with Crippen molar-refractivity contribution in [2.45, 2.75) is 19.8 Å². The summed E-state index contributed by atoms with van der Waals surface area (Å²) in [6.07, 6.45) is 1.74. The molecule has 1 unspecified atom stereocenters. The summed E-state index contributed by atoms with van der Waals surface area (Å²) in [6.45, 7) is 2.40. The van der Waals surface area contributed by atoms with Crippen LogP contribution in [0.1, 0.15) is 30.3 Å². The third-order valence-electron chi connectivity index (χ3n) is 2.31. The Morgan fingerprint density at radius 2 is 2.33 bits per heavy atom. The largest absolute Gasteiger partial charge is 0.330 e. The smallest absolute Gasteiger partial charge is 0.188 e. The summed E-state index contributed by atoms with van der Waals surface area (Å²) < 4.78 is 1.97. The first kappa shape index (κ1) is 12.3. The molecule has 6 heteroatoms. The Hall–Kier alpha value is -0.750. The average Bonchev–Trinajstić information content (AvgIpc) is 2.54. The van der Waals surface area contributed by atoms with Crippen molar-refractivity contribution in [2.75, 3.05) is 6.54 Å². The van der Waals surface area contributed by atoms with Crippen molar-refractivity contribution in [3.63, 3.8) is 0 Å². The van der Waals surface area contributed by atoms with Crippen LogP contribution in [0.25, 0.3) is 0 Å². The molecule has 0 aliphatic rings. The minimum absolute atomic E-state index is 0.0127. The number of Topliss-reactive ketones (excluding diaryl/α,β-unsaturated/α-hetero) is 1. The second kappa shape index (κ2) is 5.37. The lowest BCUT2D eigenvalue weighted by Gasteiger charge is -2.11. The Morgan fingerprint density at radius 3 is 2.73 bits per heavy atom. The van der Waals surface area contributed by atoms with Crippen LogP contribution in [0.3, 0.4) is 0 Å². The topological polar surface area (TPSA) is 73.8 Å². The zero-order chi connectivity index (χ0) is 11.4. The minimum atomic E-state index is -0.136. The first-order chi connectivity index (χ1) is 7.11. The predicted octanol–water partition coefficient (Wildman–Crippen LogP) is 1.14. The van der Waals surface area contributed by atoms with E-state index in [2.05, 4.69) is 26.2 Å². The highest BCUT2D eigenvalue weighted by Gasteiger charge is 2.24. The van der Waals surface area contributed by atoms with Crippen molar-refractivity contribution >= 4 is 21.7 Å². The molecule has 0 bridgehead atoms. The summed E-state index contributed by atoms with van der Waals surface area (Å²) in [7, 11) is 1.70. The molecule has 0 aromatic carbocycles. The van der Waals surface area contributed by atoms with Crippen molar-refractivity contribution in [3.05, 3.63) is 10.3 Å². The zero-order valence-corrected chi connectivity index (χ0v) is 10.5. The monoisotopic (exact) mass is 274 g/mol. The van der Waals surface area contributed by atoms with E-state index in [0.29, 0.717) is 16.8 Å². The number of carbonyl (C=O) groups excluding carboxylic acids is 1. The van der Waals surface area contributed by atoms with E-state index in [1.165, 1.54) is 4.68 Å². The first-order valence-electron chi connectivity index (χ1n) is 4.91. The summed E-state index contributed by atoms with van der Waals surface area (Å²) in [5.41, 5.74) is 6.08. The number of rotatable bonds is 5. The van der Waals surface area contributed by atoms with Gasteiger partial charge in [0, 0.05) is 19.5 Å². The fourth-order valence-corrected chi connectivity index (χ4v) is 2.01. The molecule has 0 radical (unpaired) electrons.